The van der Waals surface area contributed by atoms with Gasteiger partial charge in [-0.3, -0.25) is 4.79 Å². The van der Waals surface area contributed by atoms with E-state index < -0.39 is 0 Å². The molecule has 2 rings (SSSR count). The first-order valence-electron chi connectivity index (χ1n) is 7.38. The summed E-state index contributed by atoms with van der Waals surface area (Å²) >= 11 is 0. The maximum absolute atomic E-state index is 12.0. The Morgan fingerprint density at radius 3 is 2.90 bits per heavy atom. The number of carbonyl (C=O) groups excluding carboxylic acids is 1. The van der Waals surface area contributed by atoms with Crippen LogP contribution in [0.3, 0.4) is 0 Å². The molecule has 4 heteroatoms. The van der Waals surface area contributed by atoms with Crippen LogP contribution in [0.2, 0.25) is 0 Å². The topological polar surface area (TPSA) is 58.6 Å². The maximum atomic E-state index is 12.0. The van der Waals surface area contributed by atoms with Gasteiger partial charge < -0.3 is 15.2 Å². The molecule has 0 radical (unpaired) electrons. The van der Waals surface area contributed by atoms with Crippen molar-refractivity contribution in [2.24, 2.45) is 5.92 Å². The van der Waals surface area contributed by atoms with Gasteiger partial charge in [0.1, 0.15) is 5.75 Å². The molecule has 1 aliphatic rings. The number of carbonyl (C=O) groups is 1. The van der Waals surface area contributed by atoms with Crippen molar-refractivity contribution in [3.63, 3.8) is 0 Å². The molecule has 0 spiro atoms. The number of hydrogen-bond donors (Lipinski definition) is 2. The van der Waals surface area contributed by atoms with Crippen LogP contribution in [-0.4, -0.2) is 30.8 Å². The van der Waals surface area contributed by atoms with E-state index in [-0.39, 0.29) is 18.6 Å². The van der Waals surface area contributed by atoms with Crippen LogP contribution in [0, 0.1) is 12.8 Å². The van der Waals surface area contributed by atoms with E-state index in [2.05, 4.69) is 5.32 Å². The van der Waals surface area contributed by atoms with Crippen molar-refractivity contribution in [3.8, 4) is 5.75 Å². The highest BCUT2D eigenvalue weighted by Gasteiger charge is 2.31. The summed E-state index contributed by atoms with van der Waals surface area (Å²) in [6, 6.07) is 5.94. The molecule has 1 unspecified atom stereocenters. The Balaban J connectivity index is 1.99. The van der Waals surface area contributed by atoms with Crippen molar-refractivity contribution in [3.05, 3.63) is 35.4 Å². The van der Waals surface area contributed by atoms with Gasteiger partial charge in [0.05, 0.1) is 7.11 Å². The molecule has 0 bridgehead atoms. The second-order valence-electron chi connectivity index (χ2n) is 5.54. The van der Waals surface area contributed by atoms with E-state index in [1.165, 1.54) is 6.08 Å². The van der Waals surface area contributed by atoms with Crippen LogP contribution in [0.5, 0.6) is 5.75 Å². The van der Waals surface area contributed by atoms with Gasteiger partial charge in [-0.05, 0) is 50.3 Å². The molecule has 1 fully saturated rings. The summed E-state index contributed by atoms with van der Waals surface area (Å²) in [5, 5.41) is 12.0. The van der Waals surface area contributed by atoms with Crippen LogP contribution in [-0.2, 0) is 4.79 Å². The average Bonchev–Trinajstić information content (AvgIpc) is 3.29. The van der Waals surface area contributed by atoms with E-state index >= 15 is 0 Å². The molecule has 0 aromatic heterocycles. The van der Waals surface area contributed by atoms with Crippen LogP contribution >= 0.6 is 0 Å². The van der Waals surface area contributed by atoms with Crippen molar-refractivity contribution in [1.82, 2.24) is 5.32 Å². The SMILES string of the molecule is COc1ccc(C)cc1/C=C/C(=O)NC(CCO)C1CC1. The Hall–Kier alpha value is -1.81. The first kappa shape index (κ1) is 15.6. The Labute approximate surface area is 125 Å². The van der Waals surface area contributed by atoms with Crippen molar-refractivity contribution < 1.29 is 14.6 Å². The lowest BCUT2D eigenvalue weighted by Crippen LogP contribution is -2.36. The fourth-order valence-corrected chi connectivity index (χ4v) is 2.44. The van der Waals surface area contributed by atoms with Gasteiger partial charge in [-0.2, -0.15) is 0 Å². The van der Waals surface area contributed by atoms with Gasteiger partial charge in [0.25, 0.3) is 0 Å². The third kappa shape index (κ3) is 4.60. The third-order valence-corrected chi connectivity index (χ3v) is 3.76. The number of aliphatic hydroxyl groups excluding tert-OH is 1. The normalized spacial score (nSPS) is 16.0. The fourth-order valence-electron chi connectivity index (χ4n) is 2.44. The standard InChI is InChI=1S/C17H23NO3/c1-12-3-7-16(21-2)14(11-12)6-8-17(20)18-15(9-10-19)13-4-5-13/h3,6-8,11,13,15,19H,4-5,9-10H2,1-2H3,(H,18,20)/b8-6+. The molecule has 0 saturated heterocycles. The molecular weight excluding hydrogens is 266 g/mol. The predicted molar refractivity (Wildman–Crippen MR) is 83.1 cm³/mol. The second-order valence-corrected chi connectivity index (χ2v) is 5.54. The molecular formula is C17H23NO3. The molecule has 21 heavy (non-hydrogen) atoms. The minimum Gasteiger partial charge on any atom is -0.496 e. The summed E-state index contributed by atoms with van der Waals surface area (Å²) in [6.07, 6.45) is 6.20. The highest BCUT2D eigenvalue weighted by Crippen LogP contribution is 2.33. The average molecular weight is 289 g/mol. The number of hydrogen-bond acceptors (Lipinski definition) is 3. The molecule has 1 aromatic rings. The summed E-state index contributed by atoms with van der Waals surface area (Å²) in [5.41, 5.74) is 2.00. The molecule has 4 nitrogen and oxygen atoms in total. The van der Waals surface area contributed by atoms with Crippen LogP contribution in [0.4, 0.5) is 0 Å². The molecule has 2 N–H and O–H groups in total. The largest absolute Gasteiger partial charge is 0.496 e. The lowest BCUT2D eigenvalue weighted by atomic mass is 10.1. The number of aliphatic hydroxyl groups is 1. The summed E-state index contributed by atoms with van der Waals surface area (Å²) in [6.45, 7) is 2.11. The minimum atomic E-state index is -0.121. The number of benzene rings is 1. The van der Waals surface area contributed by atoms with E-state index in [1.807, 2.05) is 25.1 Å². The van der Waals surface area contributed by atoms with Crippen molar-refractivity contribution >= 4 is 12.0 Å². The Bertz CT molecular complexity index is 521. The van der Waals surface area contributed by atoms with Gasteiger partial charge in [-0.15, -0.1) is 0 Å². The van der Waals surface area contributed by atoms with E-state index in [0.717, 1.165) is 29.7 Å². The number of ether oxygens (including phenoxy) is 1. The molecule has 1 aromatic carbocycles. The fraction of sp³-hybridized carbons (Fsp3) is 0.471. The first-order chi connectivity index (χ1) is 10.1. The highest BCUT2D eigenvalue weighted by atomic mass is 16.5. The van der Waals surface area contributed by atoms with E-state index in [9.17, 15) is 4.79 Å². The highest BCUT2D eigenvalue weighted by molar-refractivity contribution is 5.92. The van der Waals surface area contributed by atoms with Gasteiger partial charge in [0.2, 0.25) is 5.91 Å². The molecule has 114 valence electrons. The summed E-state index contributed by atoms with van der Waals surface area (Å²) in [5.74, 6) is 1.16. The Morgan fingerprint density at radius 2 is 2.29 bits per heavy atom. The van der Waals surface area contributed by atoms with Crippen molar-refractivity contribution in [1.29, 1.82) is 0 Å². The predicted octanol–water partition coefficient (Wildman–Crippen LogP) is 2.29. The maximum Gasteiger partial charge on any atom is 0.244 e. The van der Waals surface area contributed by atoms with Crippen LogP contribution in [0.1, 0.15) is 30.4 Å². The summed E-state index contributed by atoms with van der Waals surface area (Å²) < 4.78 is 5.28. The number of amides is 1. The summed E-state index contributed by atoms with van der Waals surface area (Å²) in [7, 11) is 1.62. The number of nitrogens with one attached hydrogen (secondary N) is 1. The lowest BCUT2D eigenvalue weighted by Gasteiger charge is -2.15. The zero-order chi connectivity index (χ0) is 15.2. The van der Waals surface area contributed by atoms with Gasteiger partial charge in [0.15, 0.2) is 0 Å². The molecule has 1 aliphatic carbocycles. The van der Waals surface area contributed by atoms with Crippen LogP contribution < -0.4 is 10.1 Å². The van der Waals surface area contributed by atoms with Gasteiger partial charge in [0, 0.05) is 24.3 Å². The third-order valence-electron chi connectivity index (χ3n) is 3.76. The zero-order valence-corrected chi connectivity index (χ0v) is 12.6. The molecule has 1 saturated carbocycles. The Morgan fingerprint density at radius 1 is 1.52 bits per heavy atom. The molecule has 0 heterocycles. The quantitative estimate of drug-likeness (QED) is 0.757. The zero-order valence-electron chi connectivity index (χ0n) is 12.6. The smallest absolute Gasteiger partial charge is 0.244 e. The second kappa shape index (κ2) is 7.27. The van der Waals surface area contributed by atoms with Crippen molar-refractivity contribution in [2.75, 3.05) is 13.7 Å². The summed E-state index contributed by atoms with van der Waals surface area (Å²) in [4.78, 5) is 12.0. The van der Waals surface area contributed by atoms with Gasteiger partial charge in [-0.25, -0.2) is 0 Å². The van der Waals surface area contributed by atoms with Gasteiger partial charge >= 0.3 is 0 Å². The number of rotatable bonds is 7. The molecule has 0 aliphatic heterocycles. The molecule has 1 amide bonds. The first-order valence-corrected chi connectivity index (χ1v) is 7.38. The Kier molecular flexibility index (Phi) is 5.39. The van der Waals surface area contributed by atoms with Crippen molar-refractivity contribution in [2.45, 2.75) is 32.2 Å². The lowest BCUT2D eigenvalue weighted by molar-refractivity contribution is -0.117. The monoisotopic (exact) mass is 289 g/mol. The number of aryl methyl sites for hydroxylation is 1. The number of methoxy groups -OCH3 is 1. The van der Waals surface area contributed by atoms with E-state index in [0.29, 0.717) is 12.3 Å². The molecule has 1 atom stereocenters. The van der Waals surface area contributed by atoms with Crippen LogP contribution in [0.25, 0.3) is 6.08 Å². The van der Waals surface area contributed by atoms with Gasteiger partial charge in [-0.1, -0.05) is 11.6 Å². The van der Waals surface area contributed by atoms with E-state index in [1.54, 1.807) is 13.2 Å². The minimum absolute atomic E-state index is 0.0894. The van der Waals surface area contributed by atoms with Crippen LogP contribution in [0.15, 0.2) is 24.3 Å². The van der Waals surface area contributed by atoms with E-state index in [4.69, 9.17) is 9.84 Å².